The van der Waals surface area contributed by atoms with E-state index in [4.69, 9.17) is 5.73 Å². The molecule has 0 bridgehead atoms. The van der Waals surface area contributed by atoms with E-state index in [-0.39, 0.29) is 18.0 Å². The molecule has 1 aliphatic carbocycles. The second kappa shape index (κ2) is 5.53. The average Bonchev–Trinajstić information content (AvgIpc) is 2.69. The normalized spacial score (nSPS) is 16.7. The van der Waals surface area contributed by atoms with Crippen LogP contribution in [-0.2, 0) is 17.6 Å². The molecule has 1 aromatic carbocycles. The Labute approximate surface area is 109 Å². The number of hydrogen-bond acceptors (Lipinski definition) is 2. The first-order valence-corrected chi connectivity index (χ1v) is 6.69. The monoisotopic (exact) mass is 246 g/mol. The minimum atomic E-state index is -0.381. The third-order valence-corrected chi connectivity index (χ3v) is 3.46. The van der Waals surface area contributed by atoms with Crippen molar-refractivity contribution in [3.05, 3.63) is 35.4 Å². The molecule has 1 aliphatic rings. The zero-order valence-electron chi connectivity index (χ0n) is 11.1. The van der Waals surface area contributed by atoms with Crippen molar-refractivity contribution in [3.8, 4) is 0 Å². The van der Waals surface area contributed by atoms with Gasteiger partial charge in [0.2, 0.25) is 5.91 Å². The molecule has 0 heterocycles. The van der Waals surface area contributed by atoms with Gasteiger partial charge in [-0.25, -0.2) is 0 Å². The van der Waals surface area contributed by atoms with Crippen LogP contribution < -0.4 is 11.1 Å². The third-order valence-electron chi connectivity index (χ3n) is 3.46. The van der Waals surface area contributed by atoms with E-state index in [2.05, 4.69) is 31.3 Å². The summed E-state index contributed by atoms with van der Waals surface area (Å²) in [6.45, 7) is 4.16. The van der Waals surface area contributed by atoms with Crippen molar-refractivity contribution in [2.75, 3.05) is 0 Å². The van der Waals surface area contributed by atoms with Crippen LogP contribution in [0, 0.1) is 5.92 Å². The van der Waals surface area contributed by atoms with Gasteiger partial charge in [0.25, 0.3) is 0 Å². The quantitative estimate of drug-likeness (QED) is 0.848. The van der Waals surface area contributed by atoms with E-state index in [0.29, 0.717) is 5.92 Å². The van der Waals surface area contributed by atoms with Crippen molar-refractivity contribution in [1.82, 2.24) is 5.32 Å². The van der Waals surface area contributed by atoms with Crippen LogP contribution in [0.25, 0.3) is 0 Å². The predicted octanol–water partition coefficient (Wildman–Crippen LogP) is 1.64. The molecule has 0 saturated heterocycles. The highest BCUT2D eigenvalue weighted by atomic mass is 16.2. The third kappa shape index (κ3) is 3.10. The van der Waals surface area contributed by atoms with Crippen molar-refractivity contribution in [2.45, 2.75) is 45.2 Å². The van der Waals surface area contributed by atoms with E-state index < -0.39 is 0 Å². The lowest BCUT2D eigenvalue weighted by Gasteiger charge is -2.17. The molecule has 0 saturated carbocycles. The number of nitrogens with one attached hydrogen (secondary N) is 1. The van der Waals surface area contributed by atoms with E-state index in [0.717, 1.165) is 19.3 Å². The minimum Gasteiger partial charge on any atom is -0.351 e. The number of amides is 1. The smallest absolute Gasteiger partial charge is 0.237 e. The minimum absolute atomic E-state index is 0.0125. The standard InChI is InChI=1S/C15H22N2O/c1-10(2)7-14(16)15(18)17-13-8-11-5-3-4-6-12(11)9-13/h3-6,10,13-14H,7-9,16H2,1-2H3,(H,17,18)/t14-/m1/s1. The Morgan fingerprint density at radius 1 is 1.33 bits per heavy atom. The number of nitrogens with two attached hydrogens (primary N) is 1. The summed E-state index contributed by atoms with van der Waals surface area (Å²) in [7, 11) is 0. The topological polar surface area (TPSA) is 55.1 Å². The van der Waals surface area contributed by atoms with Crippen LogP contribution in [0.3, 0.4) is 0 Å². The van der Waals surface area contributed by atoms with E-state index in [1.54, 1.807) is 0 Å². The summed E-state index contributed by atoms with van der Waals surface area (Å²) in [6, 6.07) is 8.20. The van der Waals surface area contributed by atoms with Gasteiger partial charge in [0.15, 0.2) is 0 Å². The zero-order valence-corrected chi connectivity index (χ0v) is 11.1. The predicted molar refractivity (Wildman–Crippen MR) is 73.2 cm³/mol. The van der Waals surface area contributed by atoms with Crippen LogP contribution >= 0.6 is 0 Å². The molecule has 0 radical (unpaired) electrons. The summed E-state index contributed by atoms with van der Waals surface area (Å²) >= 11 is 0. The Morgan fingerprint density at radius 2 is 1.89 bits per heavy atom. The van der Waals surface area contributed by atoms with Crippen LogP contribution in [-0.4, -0.2) is 18.0 Å². The van der Waals surface area contributed by atoms with Crippen LogP contribution in [0.5, 0.6) is 0 Å². The molecule has 18 heavy (non-hydrogen) atoms. The average molecular weight is 246 g/mol. The summed E-state index contributed by atoms with van der Waals surface area (Å²) in [6.07, 6.45) is 2.60. The fourth-order valence-corrected chi connectivity index (χ4v) is 2.58. The molecule has 0 fully saturated rings. The van der Waals surface area contributed by atoms with Gasteiger partial charge in [-0.05, 0) is 36.3 Å². The number of fused-ring (bicyclic) bond motifs is 1. The largest absolute Gasteiger partial charge is 0.351 e. The first-order chi connectivity index (χ1) is 8.56. The van der Waals surface area contributed by atoms with Gasteiger partial charge in [0.1, 0.15) is 0 Å². The Bertz CT molecular complexity index is 403. The molecular weight excluding hydrogens is 224 g/mol. The maximum absolute atomic E-state index is 11.9. The van der Waals surface area contributed by atoms with E-state index in [1.807, 2.05) is 12.1 Å². The van der Waals surface area contributed by atoms with Gasteiger partial charge < -0.3 is 11.1 Å². The first-order valence-electron chi connectivity index (χ1n) is 6.69. The number of rotatable bonds is 4. The zero-order chi connectivity index (χ0) is 13.1. The van der Waals surface area contributed by atoms with E-state index in [9.17, 15) is 4.79 Å². The molecule has 3 nitrogen and oxygen atoms in total. The Hall–Kier alpha value is -1.35. The van der Waals surface area contributed by atoms with Gasteiger partial charge in [0, 0.05) is 6.04 Å². The fraction of sp³-hybridized carbons (Fsp3) is 0.533. The van der Waals surface area contributed by atoms with Crippen LogP contribution in [0.15, 0.2) is 24.3 Å². The maximum Gasteiger partial charge on any atom is 0.237 e. The van der Waals surface area contributed by atoms with Gasteiger partial charge in [-0.2, -0.15) is 0 Å². The number of carbonyl (C=O) groups excluding carboxylic acids is 1. The number of hydrogen-bond donors (Lipinski definition) is 2. The summed E-state index contributed by atoms with van der Waals surface area (Å²) in [5.74, 6) is 0.438. The molecule has 0 aromatic heterocycles. The van der Waals surface area contributed by atoms with Crippen LogP contribution in [0.1, 0.15) is 31.4 Å². The lowest BCUT2D eigenvalue weighted by atomic mass is 10.0. The van der Waals surface area contributed by atoms with Gasteiger partial charge in [-0.3, -0.25) is 4.79 Å². The highest BCUT2D eigenvalue weighted by Gasteiger charge is 2.24. The Morgan fingerprint density at radius 3 is 2.39 bits per heavy atom. The van der Waals surface area contributed by atoms with Crippen molar-refractivity contribution < 1.29 is 4.79 Å². The molecule has 3 N–H and O–H groups in total. The van der Waals surface area contributed by atoms with Crippen LogP contribution in [0.4, 0.5) is 0 Å². The molecular formula is C15H22N2O. The summed E-state index contributed by atoms with van der Waals surface area (Å²) in [4.78, 5) is 11.9. The molecule has 2 rings (SSSR count). The molecule has 1 atom stereocenters. The Balaban J connectivity index is 1.88. The molecule has 1 aromatic rings. The summed E-state index contributed by atoms with van der Waals surface area (Å²) in [5.41, 5.74) is 8.58. The number of benzene rings is 1. The first kappa shape index (κ1) is 13.1. The van der Waals surface area contributed by atoms with Gasteiger partial charge >= 0.3 is 0 Å². The molecule has 0 aliphatic heterocycles. The van der Waals surface area contributed by atoms with Crippen molar-refractivity contribution in [3.63, 3.8) is 0 Å². The Kier molecular flexibility index (Phi) is 4.02. The summed E-state index contributed by atoms with van der Waals surface area (Å²) in [5, 5.41) is 3.07. The van der Waals surface area contributed by atoms with E-state index >= 15 is 0 Å². The van der Waals surface area contributed by atoms with Gasteiger partial charge in [0.05, 0.1) is 6.04 Å². The van der Waals surface area contributed by atoms with E-state index in [1.165, 1.54) is 11.1 Å². The lowest BCUT2D eigenvalue weighted by molar-refractivity contribution is -0.123. The van der Waals surface area contributed by atoms with Crippen molar-refractivity contribution in [1.29, 1.82) is 0 Å². The highest BCUT2D eigenvalue weighted by molar-refractivity contribution is 5.81. The SMILES string of the molecule is CC(C)C[C@@H](N)C(=O)NC1Cc2ccccc2C1. The molecule has 0 unspecified atom stereocenters. The lowest BCUT2D eigenvalue weighted by Crippen LogP contribution is -2.46. The van der Waals surface area contributed by atoms with Gasteiger partial charge in [-0.1, -0.05) is 38.1 Å². The summed E-state index contributed by atoms with van der Waals surface area (Å²) < 4.78 is 0. The second-order valence-corrected chi connectivity index (χ2v) is 5.62. The maximum atomic E-state index is 11.9. The number of carbonyl (C=O) groups is 1. The molecule has 0 spiro atoms. The van der Waals surface area contributed by atoms with Crippen LogP contribution in [0.2, 0.25) is 0 Å². The highest BCUT2D eigenvalue weighted by Crippen LogP contribution is 2.21. The molecule has 1 amide bonds. The second-order valence-electron chi connectivity index (χ2n) is 5.62. The van der Waals surface area contributed by atoms with Crippen molar-refractivity contribution in [2.24, 2.45) is 11.7 Å². The molecule has 3 heteroatoms. The molecule has 98 valence electrons. The van der Waals surface area contributed by atoms with Gasteiger partial charge in [-0.15, -0.1) is 0 Å². The fourth-order valence-electron chi connectivity index (χ4n) is 2.58. The van der Waals surface area contributed by atoms with Crippen molar-refractivity contribution >= 4 is 5.91 Å².